The van der Waals surface area contributed by atoms with Gasteiger partial charge >= 0.3 is 0 Å². The molecule has 2 rings (SSSR count). The number of nitrogen functional groups attached to an aromatic ring is 1. The average molecular weight is 279 g/mol. The van der Waals surface area contributed by atoms with Gasteiger partial charge in [-0.25, -0.2) is 4.39 Å². The van der Waals surface area contributed by atoms with E-state index in [0.29, 0.717) is 18.2 Å². The van der Waals surface area contributed by atoms with Crippen molar-refractivity contribution in [1.82, 2.24) is 4.90 Å². The summed E-state index contributed by atoms with van der Waals surface area (Å²) < 4.78 is 13.0. The molecule has 0 saturated carbocycles. The normalized spacial score (nSPS) is 19.8. The number of rotatable bonds is 4. The number of carbonyl (C=O) groups excluding carboxylic acids is 1. The van der Waals surface area contributed by atoms with Gasteiger partial charge in [-0.3, -0.25) is 4.79 Å². The summed E-state index contributed by atoms with van der Waals surface area (Å²) in [6.45, 7) is 4.04. The summed E-state index contributed by atoms with van der Waals surface area (Å²) in [5, 5.41) is 2.75. The Labute approximate surface area is 119 Å². The molecule has 1 amide bonds. The maximum Gasteiger partial charge on any atom is 0.225 e. The first-order chi connectivity index (χ1) is 9.56. The molecular weight excluding hydrogens is 257 g/mol. The van der Waals surface area contributed by atoms with Crippen molar-refractivity contribution < 1.29 is 9.18 Å². The van der Waals surface area contributed by atoms with E-state index in [2.05, 4.69) is 17.1 Å². The van der Waals surface area contributed by atoms with Crippen molar-refractivity contribution in [2.75, 3.05) is 24.1 Å². The second-order valence-corrected chi connectivity index (χ2v) is 5.42. The molecule has 0 bridgehead atoms. The lowest BCUT2D eigenvalue weighted by Gasteiger charge is -2.33. The molecule has 0 aliphatic carbocycles. The minimum absolute atomic E-state index is 0.0486. The van der Waals surface area contributed by atoms with Crippen LogP contribution >= 0.6 is 0 Å². The Hall–Kier alpha value is -1.62. The lowest BCUT2D eigenvalue weighted by Crippen LogP contribution is -2.39. The Morgan fingerprint density at radius 1 is 1.50 bits per heavy atom. The number of halogens is 1. The van der Waals surface area contributed by atoms with Gasteiger partial charge in [-0.2, -0.15) is 0 Å². The van der Waals surface area contributed by atoms with Gasteiger partial charge in [-0.05, 0) is 44.5 Å². The molecule has 0 radical (unpaired) electrons. The van der Waals surface area contributed by atoms with Crippen molar-refractivity contribution in [3.05, 3.63) is 24.0 Å². The highest BCUT2D eigenvalue weighted by Crippen LogP contribution is 2.18. The number of hydrogen-bond acceptors (Lipinski definition) is 3. The highest BCUT2D eigenvalue weighted by atomic mass is 19.1. The van der Waals surface area contributed by atoms with Crippen LogP contribution in [-0.2, 0) is 4.79 Å². The van der Waals surface area contributed by atoms with Crippen LogP contribution in [0.3, 0.4) is 0 Å². The summed E-state index contributed by atoms with van der Waals surface area (Å²) >= 11 is 0. The van der Waals surface area contributed by atoms with Crippen molar-refractivity contribution in [2.24, 2.45) is 0 Å². The maximum atomic E-state index is 13.0. The highest BCUT2D eigenvalue weighted by molar-refractivity contribution is 5.91. The lowest BCUT2D eigenvalue weighted by molar-refractivity contribution is -0.116. The van der Waals surface area contributed by atoms with Crippen LogP contribution in [0.15, 0.2) is 18.2 Å². The molecule has 1 aliphatic heterocycles. The van der Waals surface area contributed by atoms with Gasteiger partial charge in [0.25, 0.3) is 0 Å². The minimum atomic E-state index is -0.467. The van der Waals surface area contributed by atoms with Gasteiger partial charge in [0.2, 0.25) is 5.91 Å². The fourth-order valence-electron chi connectivity index (χ4n) is 2.58. The van der Waals surface area contributed by atoms with E-state index >= 15 is 0 Å². The monoisotopic (exact) mass is 279 g/mol. The Balaban J connectivity index is 1.81. The summed E-state index contributed by atoms with van der Waals surface area (Å²) in [7, 11) is 0. The SMILES string of the molecule is CC1CCCCN1CCC(=O)Nc1ccc(F)c(N)c1. The van der Waals surface area contributed by atoms with Crippen LogP contribution in [0.25, 0.3) is 0 Å². The average Bonchev–Trinajstić information content (AvgIpc) is 2.42. The van der Waals surface area contributed by atoms with Crippen molar-refractivity contribution in [1.29, 1.82) is 0 Å². The molecule has 20 heavy (non-hydrogen) atoms. The maximum absolute atomic E-state index is 13.0. The van der Waals surface area contributed by atoms with Crippen LogP contribution in [-0.4, -0.2) is 29.9 Å². The minimum Gasteiger partial charge on any atom is -0.396 e. The van der Waals surface area contributed by atoms with Crippen molar-refractivity contribution in [2.45, 2.75) is 38.6 Å². The van der Waals surface area contributed by atoms with Crippen molar-refractivity contribution >= 4 is 17.3 Å². The summed E-state index contributed by atoms with van der Waals surface area (Å²) in [5.74, 6) is -0.529. The molecule has 1 unspecified atom stereocenters. The number of nitrogens with one attached hydrogen (secondary N) is 1. The summed E-state index contributed by atoms with van der Waals surface area (Å²) in [4.78, 5) is 14.2. The molecule has 1 atom stereocenters. The fraction of sp³-hybridized carbons (Fsp3) is 0.533. The van der Waals surface area contributed by atoms with Crippen molar-refractivity contribution in [3.63, 3.8) is 0 Å². The molecule has 1 heterocycles. The molecule has 1 fully saturated rings. The topological polar surface area (TPSA) is 58.4 Å². The van der Waals surface area contributed by atoms with Gasteiger partial charge in [0.15, 0.2) is 0 Å². The number of benzene rings is 1. The van der Waals surface area contributed by atoms with Gasteiger partial charge in [0.05, 0.1) is 5.69 Å². The lowest BCUT2D eigenvalue weighted by atomic mass is 10.0. The fourth-order valence-corrected chi connectivity index (χ4v) is 2.58. The number of anilines is 2. The molecule has 3 N–H and O–H groups in total. The Morgan fingerprint density at radius 3 is 3.00 bits per heavy atom. The largest absolute Gasteiger partial charge is 0.396 e. The van der Waals surface area contributed by atoms with Gasteiger partial charge in [0, 0.05) is 24.7 Å². The summed E-state index contributed by atoms with van der Waals surface area (Å²) in [6.07, 6.45) is 4.14. The quantitative estimate of drug-likeness (QED) is 0.833. The Bertz CT molecular complexity index is 478. The van der Waals surface area contributed by atoms with Gasteiger partial charge < -0.3 is 16.0 Å². The van der Waals surface area contributed by atoms with Crippen molar-refractivity contribution in [3.8, 4) is 0 Å². The Morgan fingerprint density at radius 2 is 2.30 bits per heavy atom. The van der Waals surface area contributed by atoms with E-state index in [9.17, 15) is 9.18 Å². The predicted octanol–water partition coefficient (Wildman–Crippen LogP) is 2.61. The zero-order valence-electron chi connectivity index (χ0n) is 11.9. The Kier molecular flexibility index (Phi) is 4.95. The van der Waals surface area contributed by atoms with Crippen LogP contribution in [0.1, 0.15) is 32.6 Å². The van der Waals surface area contributed by atoms with Gasteiger partial charge in [0.1, 0.15) is 5.82 Å². The third kappa shape index (κ3) is 3.93. The van der Waals surface area contributed by atoms with E-state index in [1.54, 1.807) is 0 Å². The zero-order valence-corrected chi connectivity index (χ0v) is 11.9. The van der Waals surface area contributed by atoms with Crippen LogP contribution in [0.5, 0.6) is 0 Å². The smallest absolute Gasteiger partial charge is 0.225 e. The number of carbonyl (C=O) groups is 1. The summed E-state index contributed by atoms with van der Waals surface area (Å²) in [5.41, 5.74) is 6.06. The van der Waals surface area contributed by atoms with E-state index in [-0.39, 0.29) is 11.6 Å². The van der Waals surface area contributed by atoms with Gasteiger partial charge in [-0.15, -0.1) is 0 Å². The first-order valence-electron chi connectivity index (χ1n) is 7.15. The third-order valence-electron chi connectivity index (χ3n) is 3.85. The van der Waals surface area contributed by atoms with E-state index < -0.39 is 5.82 Å². The van der Waals surface area contributed by atoms with Crippen LogP contribution in [0, 0.1) is 5.82 Å². The highest BCUT2D eigenvalue weighted by Gasteiger charge is 2.18. The zero-order chi connectivity index (χ0) is 14.5. The number of likely N-dealkylation sites (tertiary alicyclic amines) is 1. The van der Waals surface area contributed by atoms with Gasteiger partial charge in [-0.1, -0.05) is 6.42 Å². The molecule has 1 aliphatic rings. The molecule has 0 spiro atoms. The molecule has 110 valence electrons. The van der Waals surface area contributed by atoms with Crippen LogP contribution < -0.4 is 11.1 Å². The van der Waals surface area contributed by atoms with Crippen LogP contribution in [0.2, 0.25) is 0 Å². The standard InChI is InChI=1S/C15H22FN3O/c1-11-4-2-3-8-19(11)9-7-15(20)18-12-5-6-13(16)14(17)10-12/h5-6,10-11H,2-4,7-9,17H2,1H3,(H,18,20). The number of hydrogen-bond donors (Lipinski definition) is 2. The third-order valence-corrected chi connectivity index (χ3v) is 3.85. The summed E-state index contributed by atoms with van der Waals surface area (Å²) in [6, 6.07) is 4.78. The predicted molar refractivity (Wildman–Crippen MR) is 78.9 cm³/mol. The molecule has 5 heteroatoms. The second kappa shape index (κ2) is 6.70. The second-order valence-electron chi connectivity index (χ2n) is 5.42. The van der Waals surface area contributed by atoms with E-state index in [0.717, 1.165) is 13.1 Å². The molecule has 1 saturated heterocycles. The first-order valence-corrected chi connectivity index (χ1v) is 7.15. The molecule has 1 aromatic rings. The van der Waals surface area contributed by atoms with E-state index in [4.69, 9.17) is 5.73 Å². The molecular formula is C15H22FN3O. The van der Waals surface area contributed by atoms with E-state index in [1.807, 2.05) is 0 Å². The van der Waals surface area contributed by atoms with Crippen LogP contribution in [0.4, 0.5) is 15.8 Å². The van der Waals surface area contributed by atoms with E-state index in [1.165, 1.54) is 37.5 Å². The number of piperidine rings is 1. The molecule has 0 aromatic heterocycles. The molecule has 4 nitrogen and oxygen atoms in total. The number of amides is 1. The number of nitrogens with zero attached hydrogens (tertiary/aromatic N) is 1. The molecule has 1 aromatic carbocycles. The first kappa shape index (κ1) is 14.8. The number of nitrogens with two attached hydrogens (primary N) is 1.